The van der Waals surface area contributed by atoms with Crippen LogP contribution in [0.4, 0.5) is 0 Å². The molecule has 2 saturated heterocycles. The van der Waals surface area contributed by atoms with Gasteiger partial charge < -0.3 is 23.8 Å². The maximum Gasteiger partial charge on any atom is 0.331 e. The first-order valence-electron chi connectivity index (χ1n) is 8.88. The minimum atomic E-state index is -1.02. The van der Waals surface area contributed by atoms with E-state index >= 15 is 0 Å². The summed E-state index contributed by atoms with van der Waals surface area (Å²) in [5.74, 6) is -2.31. The summed E-state index contributed by atoms with van der Waals surface area (Å²) >= 11 is 0. The van der Waals surface area contributed by atoms with Gasteiger partial charge in [-0.15, -0.1) is 6.58 Å². The van der Waals surface area contributed by atoms with Crippen LogP contribution in [0.5, 0.6) is 0 Å². The van der Waals surface area contributed by atoms with E-state index in [9.17, 15) is 9.59 Å². The average molecular weight is 355 g/mol. The van der Waals surface area contributed by atoms with E-state index in [0.29, 0.717) is 26.1 Å². The van der Waals surface area contributed by atoms with Gasteiger partial charge in [0.2, 0.25) is 5.91 Å². The number of unbranched alkanes of at least 4 members (excludes halogenated alkanes) is 1. The zero-order valence-electron chi connectivity index (χ0n) is 15.4. The average Bonchev–Trinajstić information content (AvgIpc) is 3.23. The number of carbonyl (C=O) groups excluding carboxylic acids is 2. The van der Waals surface area contributed by atoms with Crippen molar-refractivity contribution in [1.29, 1.82) is 0 Å². The predicted molar refractivity (Wildman–Crippen MR) is 90.5 cm³/mol. The van der Waals surface area contributed by atoms with Crippen molar-refractivity contribution in [3.05, 3.63) is 12.7 Å². The summed E-state index contributed by atoms with van der Waals surface area (Å²) in [6.45, 7) is 8.60. The molecule has 0 saturated carbocycles. The number of ether oxygens (including phenoxy) is 4. The predicted octanol–water partition coefficient (Wildman–Crippen LogP) is 1.86. The fourth-order valence-electron chi connectivity index (χ4n) is 3.40. The minimum Gasteiger partial charge on any atom is -0.467 e. The summed E-state index contributed by atoms with van der Waals surface area (Å²) in [6.07, 6.45) is 4.18. The van der Waals surface area contributed by atoms with E-state index in [1.165, 1.54) is 12.0 Å². The molecule has 7 nitrogen and oxygen atoms in total. The standard InChI is InChI=1S/C18H29NO6/c1-5-7-9-15-19(14(12-23-15)17(21)22-4)16(20)13(8-6-2)18(3)24-10-11-25-18/h6,13-15H,2,5,7-12H2,1,3-4H3/t13?,14-,15+/m1/s1. The quantitative estimate of drug-likeness (QED) is 0.489. The molecule has 3 atom stereocenters. The number of hydrogen-bond acceptors (Lipinski definition) is 6. The Morgan fingerprint density at radius 1 is 1.40 bits per heavy atom. The number of carbonyl (C=O) groups is 2. The third-order valence-corrected chi connectivity index (χ3v) is 4.82. The number of methoxy groups -OCH3 is 1. The summed E-state index contributed by atoms with van der Waals surface area (Å²) < 4.78 is 22.0. The highest BCUT2D eigenvalue weighted by Crippen LogP contribution is 2.35. The molecule has 0 aromatic heterocycles. The Morgan fingerprint density at radius 3 is 2.64 bits per heavy atom. The molecule has 0 radical (unpaired) electrons. The third kappa shape index (κ3) is 4.22. The van der Waals surface area contributed by atoms with Crippen LogP contribution in [0.3, 0.4) is 0 Å². The van der Waals surface area contributed by atoms with E-state index in [0.717, 1.165) is 12.8 Å². The van der Waals surface area contributed by atoms with Crippen LogP contribution in [-0.2, 0) is 28.5 Å². The van der Waals surface area contributed by atoms with Crippen molar-refractivity contribution in [2.24, 2.45) is 5.92 Å². The lowest BCUT2D eigenvalue weighted by Gasteiger charge is -2.36. The van der Waals surface area contributed by atoms with Crippen molar-refractivity contribution < 1.29 is 28.5 Å². The van der Waals surface area contributed by atoms with Gasteiger partial charge in [-0.3, -0.25) is 4.79 Å². The number of rotatable bonds is 8. The highest BCUT2D eigenvalue weighted by molar-refractivity contribution is 5.87. The first kappa shape index (κ1) is 19.9. The van der Waals surface area contributed by atoms with E-state index in [1.807, 2.05) is 0 Å². The molecule has 7 heteroatoms. The number of hydrogen-bond donors (Lipinski definition) is 0. The molecule has 2 rings (SSSR count). The Kier molecular flexibility index (Phi) is 6.98. The Bertz CT molecular complexity index is 488. The summed E-state index contributed by atoms with van der Waals surface area (Å²) in [5.41, 5.74) is 0. The van der Waals surface area contributed by atoms with Crippen LogP contribution in [0.15, 0.2) is 12.7 Å². The van der Waals surface area contributed by atoms with Crippen molar-refractivity contribution in [2.45, 2.75) is 57.6 Å². The van der Waals surface area contributed by atoms with E-state index in [4.69, 9.17) is 18.9 Å². The van der Waals surface area contributed by atoms with Crippen LogP contribution in [0.2, 0.25) is 0 Å². The third-order valence-electron chi connectivity index (χ3n) is 4.82. The molecule has 2 aliphatic rings. The van der Waals surface area contributed by atoms with Crippen molar-refractivity contribution in [2.75, 3.05) is 26.9 Å². The largest absolute Gasteiger partial charge is 0.467 e. The summed E-state index contributed by atoms with van der Waals surface area (Å²) in [5, 5.41) is 0. The summed E-state index contributed by atoms with van der Waals surface area (Å²) in [4.78, 5) is 27.0. The molecule has 0 aromatic rings. The second-order valence-corrected chi connectivity index (χ2v) is 6.50. The SMILES string of the molecule is C=CCC(C(=O)N1[C@H](CCCC)OC[C@@H]1C(=O)OC)C1(C)OCCO1. The molecule has 25 heavy (non-hydrogen) atoms. The molecule has 2 aliphatic heterocycles. The van der Waals surface area contributed by atoms with Gasteiger partial charge in [-0.2, -0.15) is 0 Å². The van der Waals surface area contributed by atoms with Gasteiger partial charge in [0, 0.05) is 0 Å². The zero-order valence-corrected chi connectivity index (χ0v) is 15.4. The maximum absolute atomic E-state index is 13.4. The molecule has 2 heterocycles. The van der Waals surface area contributed by atoms with E-state index in [2.05, 4.69) is 13.5 Å². The highest BCUT2D eigenvalue weighted by Gasteiger charge is 2.50. The van der Waals surface area contributed by atoms with Gasteiger partial charge in [0.15, 0.2) is 11.8 Å². The van der Waals surface area contributed by atoms with Gasteiger partial charge in [-0.05, 0) is 26.2 Å². The molecule has 0 aliphatic carbocycles. The topological polar surface area (TPSA) is 74.3 Å². The van der Waals surface area contributed by atoms with E-state index in [1.54, 1.807) is 13.0 Å². The monoisotopic (exact) mass is 355 g/mol. The zero-order chi connectivity index (χ0) is 18.4. The van der Waals surface area contributed by atoms with Crippen molar-refractivity contribution >= 4 is 11.9 Å². The molecule has 142 valence electrons. The molecular weight excluding hydrogens is 326 g/mol. The Balaban J connectivity index is 2.27. The molecule has 0 bridgehead atoms. The molecule has 1 unspecified atom stereocenters. The van der Waals surface area contributed by atoms with Crippen molar-refractivity contribution in [1.82, 2.24) is 4.90 Å². The minimum absolute atomic E-state index is 0.145. The van der Waals surface area contributed by atoms with Gasteiger partial charge >= 0.3 is 5.97 Å². The second kappa shape index (κ2) is 8.78. The molecule has 2 fully saturated rings. The Morgan fingerprint density at radius 2 is 2.08 bits per heavy atom. The van der Waals surface area contributed by atoms with E-state index in [-0.39, 0.29) is 12.5 Å². The lowest BCUT2D eigenvalue weighted by atomic mass is 9.93. The molecule has 0 aromatic carbocycles. The summed E-state index contributed by atoms with van der Waals surface area (Å²) in [7, 11) is 1.32. The van der Waals surface area contributed by atoms with Crippen LogP contribution in [-0.4, -0.2) is 61.8 Å². The van der Waals surface area contributed by atoms with Crippen LogP contribution < -0.4 is 0 Å². The fraction of sp³-hybridized carbons (Fsp3) is 0.778. The molecule has 0 spiro atoms. The first-order chi connectivity index (χ1) is 12.0. The molecular formula is C18H29NO6. The van der Waals surface area contributed by atoms with Crippen molar-refractivity contribution in [3.63, 3.8) is 0 Å². The summed E-state index contributed by atoms with van der Waals surface area (Å²) in [6, 6.07) is -0.739. The Hall–Kier alpha value is -1.44. The van der Waals surface area contributed by atoms with Gasteiger partial charge in [-0.25, -0.2) is 4.79 Å². The van der Waals surface area contributed by atoms with Gasteiger partial charge in [0.05, 0.1) is 32.8 Å². The second-order valence-electron chi connectivity index (χ2n) is 6.50. The molecule has 0 N–H and O–H groups in total. The lowest BCUT2D eigenvalue weighted by molar-refractivity contribution is -0.196. The maximum atomic E-state index is 13.4. The smallest absolute Gasteiger partial charge is 0.331 e. The normalized spacial score (nSPS) is 26.4. The fourth-order valence-corrected chi connectivity index (χ4v) is 3.40. The van der Waals surface area contributed by atoms with Gasteiger partial charge in [-0.1, -0.05) is 19.4 Å². The van der Waals surface area contributed by atoms with Crippen LogP contribution in [0.25, 0.3) is 0 Å². The number of allylic oxidation sites excluding steroid dienone is 1. The van der Waals surface area contributed by atoms with Crippen LogP contribution in [0.1, 0.15) is 39.5 Å². The van der Waals surface area contributed by atoms with Gasteiger partial charge in [0.1, 0.15) is 6.23 Å². The number of nitrogens with zero attached hydrogens (tertiary/aromatic N) is 1. The van der Waals surface area contributed by atoms with Crippen LogP contribution >= 0.6 is 0 Å². The molecule has 1 amide bonds. The highest BCUT2D eigenvalue weighted by atomic mass is 16.7. The van der Waals surface area contributed by atoms with Crippen molar-refractivity contribution in [3.8, 4) is 0 Å². The first-order valence-corrected chi connectivity index (χ1v) is 8.88. The van der Waals surface area contributed by atoms with Gasteiger partial charge in [0.25, 0.3) is 0 Å². The number of esters is 1. The van der Waals surface area contributed by atoms with E-state index < -0.39 is 29.9 Å². The lowest BCUT2D eigenvalue weighted by Crippen LogP contribution is -2.53. The van der Waals surface area contributed by atoms with Crippen LogP contribution in [0, 0.1) is 5.92 Å². The Labute approximate surface area is 149 Å². The number of amides is 1.